The van der Waals surface area contributed by atoms with Crippen molar-refractivity contribution in [3.63, 3.8) is 0 Å². The van der Waals surface area contributed by atoms with Crippen LogP contribution < -0.4 is 5.73 Å². The predicted molar refractivity (Wildman–Crippen MR) is 104 cm³/mol. The summed E-state index contributed by atoms with van der Waals surface area (Å²) < 4.78 is 53.7. The lowest BCUT2D eigenvalue weighted by Gasteiger charge is -2.07. The maximum atomic E-state index is 14.5. The van der Waals surface area contributed by atoms with Gasteiger partial charge in [0.05, 0.1) is 17.6 Å². The summed E-state index contributed by atoms with van der Waals surface area (Å²) in [5.74, 6) is -1.37. The SMILES string of the molecule is CS(=O)(=O)c1nc(-c2cc(F)ccc2F)c2c(N)n(Cc3ccccc3)nc2n1. The average Bonchev–Trinajstić information content (AvgIpc) is 2.99. The molecule has 0 amide bonds. The molecule has 0 unspecified atom stereocenters. The Bertz CT molecular complexity index is 1340. The van der Waals surface area contributed by atoms with Crippen molar-refractivity contribution in [1.29, 1.82) is 0 Å². The zero-order valence-corrected chi connectivity index (χ0v) is 16.0. The van der Waals surface area contributed by atoms with Crippen LogP contribution in [0.25, 0.3) is 22.3 Å². The smallest absolute Gasteiger partial charge is 0.249 e. The van der Waals surface area contributed by atoms with Gasteiger partial charge in [-0.2, -0.15) is 4.98 Å². The van der Waals surface area contributed by atoms with Crippen molar-refractivity contribution in [1.82, 2.24) is 19.7 Å². The number of nitrogens with zero attached hydrogens (tertiary/aromatic N) is 4. The molecule has 2 aromatic carbocycles. The first-order valence-electron chi connectivity index (χ1n) is 8.47. The van der Waals surface area contributed by atoms with Crippen LogP contribution in [0.4, 0.5) is 14.6 Å². The van der Waals surface area contributed by atoms with Gasteiger partial charge < -0.3 is 5.73 Å². The van der Waals surface area contributed by atoms with Crippen molar-refractivity contribution in [2.75, 3.05) is 12.0 Å². The summed E-state index contributed by atoms with van der Waals surface area (Å²) in [7, 11) is -3.84. The highest BCUT2D eigenvalue weighted by Crippen LogP contribution is 2.33. The van der Waals surface area contributed by atoms with Gasteiger partial charge in [-0.05, 0) is 23.8 Å². The van der Waals surface area contributed by atoms with E-state index in [1.807, 2.05) is 30.3 Å². The molecule has 0 atom stereocenters. The molecule has 0 fully saturated rings. The van der Waals surface area contributed by atoms with Gasteiger partial charge >= 0.3 is 0 Å². The molecule has 2 heterocycles. The molecule has 0 saturated heterocycles. The number of benzene rings is 2. The first kappa shape index (κ1) is 18.9. The number of fused-ring (bicyclic) bond motifs is 1. The predicted octanol–water partition coefficient (Wildman–Crippen LogP) is 2.81. The van der Waals surface area contributed by atoms with E-state index in [1.165, 1.54) is 4.68 Å². The minimum atomic E-state index is -3.84. The van der Waals surface area contributed by atoms with Gasteiger partial charge in [-0.25, -0.2) is 26.9 Å². The molecule has 4 rings (SSSR count). The van der Waals surface area contributed by atoms with E-state index in [9.17, 15) is 17.2 Å². The van der Waals surface area contributed by atoms with Crippen molar-refractivity contribution in [3.8, 4) is 11.3 Å². The number of sulfone groups is 1. The Labute approximate surface area is 164 Å². The quantitative estimate of drug-likeness (QED) is 0.514. The molecule has 0 aliphatic heterocycles. The molecule has 0 aliphatic carbocycles. The molecule has 4 aromatic rings. The van der Waals surface area contributed by atoms with Gasteiger partial charge in [0.1, 0.15) is 17.5 Å². The number of hydrogen-bond acceptors (Lipinski definition) is 6. The lowest BCUT2D eigenvalue weighted by atomic mass is 10.1. The Kier molecular flexibility index (Phi) is 4.50. The van der Waals surface area contributed by atoms with Crippen molar-refractivity contribution in [2.45, 2.75) is 11.7 Å². The molecule has 0 aliphatic rings. The van der Waals surface area contributed by atoms with Crippen LogP contribution >= 0.6 is 0 Å². The second-order valence-electron chi connectivity index (χ2n) is 6.48. The largest absolute Gasteiger partial charge is 0.383 e. The minimum absolute atomic E-state index is 0.0208. The average molecular weight is 415 g/mol. The Morgan fingerprint density at radius 2 is 1.79 bits per heavy atom. The lowest BCUT2D eigenvalue weighted by molar-refractivity contribution is 0.592. The molecule has 0 saturated carbocycles. The van der Waals surface area contributed by atoms with Crippen LogP contribution in [0.15, 0.2) is 53.7 Å². The molecule has 2 N–H and O–H groups in total. The molecule has 2 aromatic heterocycles. The van der Waals surface area contributed by atoms with Crippen LogP contribution in [0.2, 0.25) is 0 Å². The van der Waals surface area contributed by atoms with Gasteiger partial charge in [-0.3, -0.25) is 0 Å². The van der Waals surface area contributed by atoms with Crippen LogP contribution in [0.5, 0.6) is 0 Å². The van der Waals surface area contributed by atoms with Crippen LogP contribution in [0.1, 0.15) is 5.56 Å². The monoisotopic (exact) mass is 415 g/mol. The Morgan fingerprint density at radius 1 is 1.07 bits per heavy atom. The van der Waals surface area contributed by atoms with Crippen LogP contribution in [0, 0.1) is 11.6 Å². The summed E-state index contributed by atoms with van der Waals surface area (Å²) in [4.78, 5) is 7.97. The lowest BCUT2D eigenvalue weighted by Crippen LogP contribution is -2.06. The first-order chi connectivity index (χ1) is 13.7. The number of aromatic nitrogens is 4. The number of rotatable bonds is 4. The van der Waals surface area contributed by atoms with E-state index in [1.54, 1.807) is 0 Å². The number of nitrogens with two attached hydrogens (primary N) is 1. The van der Waals surface area contributed by atoms with Gasteiger partial charge in [0.15, 0.2) is 5.65 Å². The van der Waals surface area contributed by atoms with Gasteiger partial charge in [-0.15, -0.1) is 5.10 Å². The van der Waals surface area contributed by atoms with E-state index in [0.29, 0.717) is 0 Å². The van der Waals surface area contributed by atoms with E-state index in [4.69, 9.17) is 5.73 Å². The maximum Gasteiger partial charge on any atom is 0.249 e. The third-order valence-electron chi connectivity index (χ3n) is 4.31. The number of nitrogen functional groups attached to an aromatic ring is 1. The third-order valence-corrected chi connectivity index (χ3v) is 5.16. The van der Waals surface area contributed by atoms with Crippen LogP contribution in [-0.2, 0) is 16.4 Å². The van der Waals surface area contributed by atoms with E-state index >= 15 is 0 Å². The fourth-order valence-corrected chi connectivity index (χ4v) is 3.46. The minimum Gasteiger partial charge on any atom is -0.383 e. The first-order valence-corrected chi connectivity index (χ1v) is 10.4. The summed E-state index contributed by atoms with van der Waals surface area (Å²) in [5, 5.41) is 3.88. The zero-order chi connectivity index (χ0) is 20.8. The van der Waals surface area contributed by atoms with Crippen LogP contribution in [-0.4, -0.2) is 34.4 Å². The van der Waals surface area contributed by atoms with Crippen molar-refractivity contribution < 1.29 is 17.2 Å². The molecular formula is C19H15F2N5O2S. The highest BCUT2D eigenvalue weighted by atomic mass is 32.2. The number of hydrogen-bond donors (Lipinski definition) is 1. The van der Waals surface area contributed by atoms with Gasteiger partial charge in [-0.1, -0.05) is 30.3 Å². The van der Waals surface area contributed by atoms with Crippen molar-refractivity contribution in [3.05, 3.63) is 65.7 Å². The molecule has 29 heavy (non-hydrogen) atoms. The highest BCUT2D eigenvalue weighted by Gasteiger charge is 2.24. The maximum absolute atomic E-state index is 14.5. The summed E-state index contributed by atoms with van der Waals surface area (Å²) in [6.45, 7) is 0.280. The van der Waals surface area contributed by atoms with E-state index in [-0.39, 0.29) is 34.7 Å². The molecule has 10 heteroatoms. The van der Waals surface area contributed by atoms with E-state index < -0.39 is 26.6 Å². The fourth-order valence-electron chi connectivity index (χ4n) is 2.95. The molecule has 0 radical (unpaired) electrons. The molecule has 0 bridgehead atoms. The third kappa shape index (κ3) is 3.54. The Hall–Kier alpha value is -3.40. The topological polar surface area (TPSA) is 104 Å². The Balaban J connectivity index is 2.01. The molecule has 7 nitrogen and oxygen atoms in total. The summed E-state index contributed by atoms with van der Waals surface area (Å²) >= 11 is 0. The van der Waals surface area contributed by atoms with Crippen molar-refractivity contribution in [2.24, 2.45) is 0 Å². The van der Waals surface area contributed by atoms with E-state index in [0.717, 1.165) is 30.0 Å². The van der Waals surface area contributed by atoms with E-state index in [2.05, 4.69) is 15.1 Å². The molecule has 0 spiro atoms. The summed E-state index contributed by atoms with van der Waals surface area (Å²) in [6.07, 6.45) is 0.921. The standard InChI is InChI=1S/C19H15F2N5O2S/c1-29(27,28)19-23-16(13-9-12(20)7-8-14(13)21)15-17(22)26(25-18(15)24-19)10-11-5-3-2-4-6-11/h2-9H,10,22H2,1H3. The van der Waals surface area contributed by atoms with Crippen LogP contribution in [0.3, 0.4) is 0 Å². The Morgan fingerprint density at radius 3 is 2.48 bits per heavy atom. The summed E-state index contributed by atoms with van der Waals surface area (Å²) in [5.41, 5.74) is 6.73. The summed E-state index contributed by atoms with van der Waals surface area (Å²) in [6, 6.07) is 12.1. The zero-order valence-electron chi connectivity index (χ0n) is 15.2. The number of halogens is 2. The number of anilines is 1. The second kappa shape index (κ2) is 6.89. The second-order valence-corrected chi connectivity index (χ2v) is 8.39. The fraction of sp³-hybridized carbons (Fsp3) is 0.105. The van der Waals surface area contributed by atoms with Crippen molar-refractivity contribution >= 4 is 26.7 Å². The molecular weight excluding hydrogens is 400 g/mol. The van der Waals surface area contributed by atoms with Gasteiger partial charge in [0.2, 0.25) is 15.0 Å². The van der Waals surface area contributed by atoms with Gasteiger partial charge in [0, 0.05) is 11.8 Å². The molecule has 148 valence electrons. The van der Waals surface area contributed by atoms with Gasteiger partial charge in [0.25, 0.3) is 0 Å². The normalized spacial score (nSPS) is 11.8. The highest BCUT2D eigenvalue weighted by molar-refractivity contribution is 7.90.